The fourth-order valence-corrected chi connectivity index (χ4v) is 0.782. The minimum Gasteiger partial charge on any atom is -0.349 e. The molecular weight excluding hydrogens is 134 g/mol. The molecule has 1 heteroatoms. The van der Waals surface area contributed by atoms with Crippen LogP contribution in [0.15, 0.2) is 24.5 Å². The monoisotopic (exact) mass is 153 g/mol. The normalized spacial score (nSPS) is 10.3. The minimum absolute atomic E-state index is 0.240. The Balaban J connectivity index is 0.000000461. The molecule has 0 amide bonds. The van der Waals surface area contributed by atoms with Crippen molar-refractivity contribution in [3.8, 4) is 0 Å². The van der Waals surface area contributed by atoms with Crippen LogP contribution >= 0.6 is 0 Å². The highest BCUT2D eigenvalue weighted by molar-refractivity contribution is 4.94. The van der Waals surface area contributed by atoms with E-state index >= 15 is 0 Å². The predicted octanol–water partition coefficient (Wildman–Crippen LogP) is 3.27. The van der Waals surface area contributed by atoms with Crippen LogP contribution in [0.4, 0.5) is 0 Å². The zero-order chi connectivity index (χ0) is 8.91. The van der Waals surface area contributed by atoms with Gasteiger partial charge in [-0.3, -0.25) is 0 Å². The first-order valence-corrected chi connectivity index (χ1v) is 4.24. The van der Waals surface area contributed by atoms with Crippen LogP contribution in [0.5, 0.6) is 0 Å². The Hall–Kier alpha value is -0.720. The van der Waals surface area contributed by atoms with Crippen molar-refractivity contribution in [2.75, 3.05) is 0 Å². The molecule has 1 aromatic heterocycles. The first kappa shape index (κ1) is 10.3. The smallest absolute Gasteiger partial charge is 0.0355 e. The Morgan fingerprint density at radius 3 is 1.45 bits per heavy atom. The quantitative estimate of drug-likeness (QED) is 0.539. The maximum absolute atomic E-state index is 2.19. The van der Waals surface area contributed by atoms with Crippen LogP contribution < -0.4 is 0 Å². The molecular formula is C10H19N. The largest absolute Gasteiger partial charge is 0.349 e. The second-order valence-corrected chi connectivity index (χ2v) is 3.26. The van der Waals surface area contributed by atoms with Crippen molar-refractivity contribution in [1.82, 2.24) is 4.57 Å². The summed E-state index contributed by atoms with van der Waals surface area (Å²) in [6.45, 7) is 10.6. The highest BCUT2D eigenvalue weighted by atomic mass is 15.0. The molecule has 0 unspecified atom stereocenters. The molecule has 0 aromatic carbocycles. The highest BCUT2D eigenvalue weighted by Crippen LogP contribution is 2.12. The third-order valence-corrected chi connectivity index (χ3v) is 1.38. The third kappa shape index (κ3) is 3.26. The molecule has 1 rings (SSSR count). The minimum atomic E-state index is 0.240. The molecule has 11 heavy (non-hydrogen) atoms. The molecule has 0 aliphatic heterocycles. The predicted molar refractivity (Wildman–Crippen MR) is 50.8 cm³/mol. The molecule has 0 N–H and O–H groups in total. The lowest BCUT2D eigenvalue weighted by molar-refractivity contribution is 0.398. The van der Waals surface area contributed by atoms with E-state index in [1.807, 2.05) is 26.0 Å². The molecule has 0 aliphatic carbocycles. The molecule has 0 saturated carbocycles. The van der Waals surface area contributed by atoms with Gasteiger partial charge in [-0.05, 0) is 32.9 Å². The molecule has 0 atom stereocenters. The molecule has 64 valence electrons. The summed E-state index contributed by atoms with van der Waals surface area (Å²) in [6.07, 6.45) is 4.17. The van der Waals surface area contributed by atoms with Crippen molar-refractivity contribution in [3.63, 3.8) is 0 Å². The molecule has 1 heterocycles. The van der Waals surface area contributed by atoms with Gasteiger partial charge in [-0.2, -0.15) is 0 Å². The van der Waals surface area contributed by atoms with Crippen molar-refractivity contribution in [2.24, 2.45) is 0 Å². The van der Waals surface area contributed by atoms with Crippen molar-refractivity contribution < 1.29 is 0 Å². The van der Waals surface area contributed by atoms with Crippen LogP contribution in [0.2, 0.25) is 0 Å². The van der Waals surface area contributed by atoms with Gasteiger partial charge >= 0.3 is 0 Å². The summed E-state index contributed by atoms with van der Waals surface area (Å²) in [6, 6.07) is 4.09. The number of aromatic nitrogens is 1. The zero-order valence-corrected chi connectivity index (χ0v) is 8.26. The summed E-state index contributed by atoms with van der Waals surface area (Å²) >= 11 is 0. The van der Waals surface area contributed by atoms with Crippen LogP contribution in [0.25, 0.3) is 0 Å². The van der Waals surface area contributed by atoms with Crippen molar-refractivity contribution in [3.05, 3.63) is 24.5 Å². The maximum atomic E-state index is 2.19. The Kier molecular flexibility index (Phi) is 3.94. The molecule has 0 radical (unpaired) electrons. The van der Waals surface area contributed by atoms with Crippen LogP contribution in [-0.2, 0) is 5.54 Å². The molecule has 1 aromatic rings. The van der Waals surface area contributed by atoms with Gasteiger partial charge in [0, 0.05) is 17.9 Å². The van der Waals surface area contributed by atoms with Crippen molar-refractivity contribution >= 4 is 0 Å². The topological polar surface area (TPSA) is 4.93 Å². The SMILES string of the molecule is CC.CC(C)(C)n1cccc1. The number of hydrogen-bond acceptors (Lipinski definition) is 0. The molecule has 0 aliphatic rings. The van der Waals surface area contributed by atoms with Crippen molar-refractivity contribution in [1.29, 1.82) is 0 Å². The summed E-state index contributed by atoms with van der Waals surface area (Å²) in [7, 11) is 0. The lowest BCUT2D eigenvalue weighted by Crippen LogP contribution is -2.19. The van der Waals surface area contributed by atoms with E-state index in [1.165, 1.54) is 0 Å². The lowest BCUT2D eigenvalue weighted by atomic mass is 10.1. The van der Waals surface area contributed by atoms with Gasteiger partial charge in [0.05, 0.1) is 0 Å². The van der Waals surface area contributed by atoms with Crippen LogP contribution in [-0.4, -0.2) is 4.57 Å². The van der Waals surface area contributed by atoms with E-state index in [0.717, 1.165) is 0 Å². The highest BCUT2D eigenvalue weighted by Gasteiger charge is 2.09. The lowest BCUT2D eigenvalue weighted by Gasteiger charge is -2.20. The fraction of sp³-hybridized carbons (Fsp3) is 0.600. The van der Waals surface area contributed by atoms with E-state index in [0.29, 0.717) is 0 Å². The number of hydrogen-bond donors (Lipinski definition) is 0. The summed E-state index contributed by atoms with van der Waals surface area (Å²) in [5.74, 6) is 0. The molecule has 0 fully saturated rings. The van der Waals surface area contributed by atoms with Gasteiger partial charge in [0.1, 0.15) is 0 Å². The van der Waals surface area contributed by atoms with Crippen molar-refractivity contribution in [2.45, 2.75) is 40.2 Å². The van der Waals surface area contributed by atoms with Gasteiger partial charge in [0.25, 0.3) is 0 Å². The van der Waals surface area contributed by atoms with Gasteiger partial charge in [0.2, 0.25) is 0 Å². The second-order valence-electron chi connectivity index (χ2n) is 3.26. The van der Waals surface area contributed by atoms with E-state index in [9.17, 15) is 0 Å². The Labute approximate surface area is 70.0 Å². The Morgan fingerprint density at radius 1 is 0.909 bits per heavy atom. The number of rotatable bonds is 0. The van der Waals surface area contributed by atoms with Crippen LogP contribution in [0.1, 0.15) is 34.6 Å². The molecule has 1 nitrogen and oxygen atoms in total. The standard InChI is InChI=1S/C8H13N.C2H6/c1-8(2,3)9-6-4-5-7-9;1-2/h4-7H,1-3H3;1-2H3. The summed E-state index contributed by atoms with van der Waals surface area (Å²) < 4.78 is 2.19. The maximum Gasteiger partial charge on any atom is 0.0355 e. The van der Waals surface area contributed by atoms with Gasteiger partial charge in [-0.25, -0.2) is 0 Å². The third-order valence-electron chi connectivity index (χ3n) is 1.38. The second kappa shape index (κ2) is 4.22. The average Bonchev–Trinajstić information content (AvgIpc) is 2.40. The molecule has 0 saturated heterocycles. The first-order chi connectivity index (χ1) is 5.11. The van der Waals surface area contributed by atoms with E-state index in [-0.39, 0.29) is 5.54 Å². The molecule has 0 spiro atoms. The van der Waals surface area contributed by atoms with E-state index in [4.69, 9.17) is 0 Å². The molecule has 0 bridgehead atoms. The van der Waals surface area contributed by atoms with Gasteiger partial charge in [-0.15, -0.1) is 0 Å². The van der Waals surface area contributed by atoms with Gasteiger partial charge < -0.3 is 4.57 Å². The average molecular weight is 153 g/mol. The summed E-state index contributed by atoms with van der Waals surface area (Å²) in [5, 5.41) is 0. The Morgan fingerprint density at radius 2 is 1.27 bits per heavy atom. The van der Waals surface area contributed by atoms with E-state index < -0.39 is 0 Å². The first-order valence-electron chi connectivity index (χ1n) is 4.24. The van der Waals surface area contributed by atoms with Crippen LogP contribution in [0.3, 0.4) is 0 Å². The van der Waals surface area contributed by atoms with Gasteiger partial charge in [0.15, 0.2) is 0 Å². The van der Waals surface area contributed by atoms with Crippen LogP contribution in [0, 0.1) is 0 Å². The number of nitrogens with zero attached hydrogens (tertiary/aromatic N) is 1. The zero-order valence-electron chi connectivity index (χ0n) is 8.26. The van der Waals surface area contributed by atoms with Gasteiger partial charge in [-0.1, -0.05) is 13.8 Å². The van der Waals surface area contributed by atoms with E-state index in [2.05, 4.69) is 37.7 Å². The summed E-state index contributed by atoms with van der Waals surface area (Å²) in [5.41, 5.74) is 0.240. The Bertz CT molecular complexity index is 167. The fourth-order valence-electron chi connectivity index (χ4n) is 0.782. The summed E-state index contributed by atoms with van der Waals surface area (Å²) in [4.78, 5) is 0. The van der Waals surface area contributed by atoms with E-state index in [1.54, 1.807) is 0 Å².